The van der Waals surface area contributed by atoms with Gasteiger partial charge in [0.15, 0.2) is 5.13 Å². The Hall–Kier alpha value is -2.19. The number of ether oxygens (including phenoxy) is 2. The molecule has 132 valence electrons. The van der Waals surface area contributed by atoms with Crippen molar-refractivity contribution in [2.45, 2.75) is 13.8 Å². The Balaban J connectivity index is 2.04. The molecule has 0 saturated carbocycles. The third kappa shape index (κ3) is 5.14. The van der Waals surface area contributed by atoms with Crippen molar-refractivity contribution >= 4 is 50.4 Å². The molecule has 1 aromatic carbocycles. The lowest BCUT2D eigenvalue weighted by Gasteiger charge is -2.03. The van der Waals surface area contributed by atoms with Crippen LogP contribution in [-0.2, 0) is 9.53 Å². The lowest BCUT2D eigenvalue weighted by Crippen LogP contribution is -2.07. The molecule has 0 saturated heterocycles. The van der Waals surface area contributed by atoms with Crippen LogP contribution in [0.4, 0.5) is 5.13 Å². The highest BCUT2D eigenvalue weighted by atomic mass is 79.9. The molecule has 1 heterocycles. The van der Waals surface area contributed by atoms with Gasteiger partial charge >= 0.3 is 5.97 Å². The number of halogens is 1. The summed E-state index contributed by atoms with van der Waals surface area (Å²) in [6.45, 7) is 3.72. The second-order valence-electron chi connectivity index (χ2n) is 4.87. The molecule has 0 atom stereocenters. The van der Waals surface area contributed by atoms with Crippen molar-refractivity contribution in [2.75, 3.05) is 19.0 Å². The molecule has 8 heteroatoms. The van der Waals surface area contributed by atoms with Crippen LogP contribution in [0.2, 0.25) is 0 Å². The number of aromatic nitrogens is 1. The molecule has 0 aliphatic heterocycles. The summed E-state index contributed by atoms with van der Waals surface area (Å²) in [5.74, 6) is -0.0564. The van der Waals surface area contributed by atoms with E-state index in [1.807, 2.05) is 12.1 Å². The van der Waals surface area contributed by atoms with E-state index in [1.165, 1.54) is 6.08 Å². The van der Waals surface area contributed by atoms with Gasteiger partial charge in [0.25, 0.3) is 0 Å². The second-order valence-corrected chi connectivity index (χ2v) is 6.72. The average molecular weight is 425 g/mol. The van der Waals surface area contributed by atoms with Crippen molar-refractivity contribution in [1.82, 2.24) is 4.98 Å². The molecule has 0 aliphatic rings. The quantitative estimate of drug-likeness (QED) is 0.558. The van der Waals surface area contributed by atoms with Crippen LogP contribution in [0.15, 0.2) is 28.7 Å². The number of carbonyl (C=O) groups is 2. The SMILES string of the molecule is CCOC(=O)c1sc(NC(=O)C=Cc2ccc(OC)c(Br)c2)nc1C. The Morgan fingerprint density at radius 2 is 2.16 bits per heavy atom. The summed E-state index contributed by atoms with van der Waals surface area (Å²) in [6.07, 6.45) is 3.07. The molecule has 0 spiro atoms. The Kier molecular flexibility index (Phi) is 6.72. The zero-order chi connectivity index (χ0) is 18.4. The van der Waals surface area contributed by atoms with Gasteiger partial charge in [-0.1, -0.05) is 17.4 Å². The summed E-state index contributed by atoms with van der Waals surface area (Å²) in [5, 5.41) is 3.00. The third-order valence-corrected chi connectivity index (χ3v) is 4.76. The van der Waals surface area contributed by atoms with Gasteiger partial charge < -0.3 is 9.47 Å². The summed E-state index contributed by atoms with van der Waals surface area (Å²) in [4.78, 5) is 28.4. The van der Waals surface area contributed by atoms with E-state index in [0.717, 1.165) is 21.4 Å². The lowest BCUT2D eigenvalue weighted by atomic mass is 10.2. The summed E-state index contributed by atoms with van der Waals surface area (Å²) in [5.41, 5.74) is 1.37. The standard InChI is InChI=1S/C17H17BrN2O4S/c1-4-24-16(22)15-10(2)19-17(25-15)20-14(21)8-6-11-5-7-13(23-3)12(18)9-11/h5-9H,4H2,1-3H3,(H,19,20,21). The highest BCUT2D eigenvalue weighted by Gasteiger charge is 2.16. The number of nitrogens with one attached hydrogen (secondary N) is 1. The Morgan fingerprint density at radius 1 is 1.40 bits per heavy atom. The first-order valence-corrected chi connectivity index (χ1v) is 9.02. The molecule has 1 N–H and O–H groups in total. The fourth-order valence-corrected chi connectivity index (χ4v) is 3.36. The monoisotopic (exact) mass is 424 g/mol. The summed E-state index contributed by atoms with van der Waals surface area (Å²) < 4.78 is 10.9. The van der Waals surface area contributed by atoms with Gasteiger partial charge in [-0.05, 0) is 53.5 Å². The molecule has 2 aromatic rings. The van der Waals surface area contributed by atoms with Crippen LogP contribution in [0, 0.1) is 6.92 Å². The molecule has 0 fully saturated rings. The maximum atomic E-state index is 12.0. The molecule has 0 radical (unpaired) electrons. The van der Waals surface area contributed by atoms with Crippen LogP contribution < -0.4 is 10.1 Å². The first-order valence-electron chi connectivity index (χ1n) is 7.41. The van der Waals surface area contributed by atoms with Crippen LogP contribution in [0.25, 0.3) is 6.08 Å². The summed E-state index contributed by atoms with van der Waals surface area (Å²) in [7, 11) is 1.59. The molecule has 1 aromatic heterocycles. The largest absolute Gasteiger partial charge is 0.496 e. The van der Waals surface area contributed by atoms with E-state index in [4.69, 9.17) is 9.47 Å². The highest BCUT2D eigenvalue weighted by Crippen LogP contribution is 2.26. The van der Waals surface area contributed by atoms with Crippen LogP contribution >= 0.6 is 27.3 Å². The Morgan fingerprint density at radius 3 is 2.80 bits per heavy atom. The molecule has 25 heavy (non-hydrogen) atoms. The van der Waals surface area contributed by atoms with Gasteiger partial charge in [0.05, 0.1) is 23.9 Å². The van der Waals surface area contributed by atoms with Gasteiger partial charge in [0, 0.05) is 6.08 Å². The third-order valence-electron chi connectivity index (χ3n) is 3.09. The number of benzene rings is 1. The van der Waals surface area contributed by atoms with Crippen molar-refractivity contribution in [3.05, 3.63) is 44.9 Å². The average Bonchev–Trinajstić information content (AvgIpc) is 2.93. The van der Waals surface area contributed by atoms with Gasteiger partial charge in [-0.15, -0.1) is 0 Å². The van der Waals surface area contributed by atoms with Crippen molar-refractivity contribution in [3.8, 4) is 5.75 Å². The number of esters is 1. The van der Waals surface area contributed by atoms with Crippen molar-refractivity contribution in [2.24, 2.45) is 0 Å². The Bertz CT molecular complexity index is 817. The first-order chi connectivity index (χ1) is 11.9. The number of amides is 1. The topological polar surface area (TPSA) is 77.5 Å². The fraction of sp³-hybridized carbons (Fsp3) is 0.235. The minimum atomic E-state index is -0.434. The fourth-order valence-electron chi connectivity index (χ4n) is 1.94. The van der Waals surface area contributed by atoms with Gasteiger partial charge in [-0.25, -0.2) is 9.78 Å². The van der Waals surface area contributed by atoms with Gasteiger partial charge in [-0.3, -0.25) is 10.1 Å². The first kappa shape index (κ1) is 19.1. The lowest BCUT2D eigenvalue weighted by molar-refractivity contribution is -0.111. The summed E-state index contributed by atoms with van der Waals surface area (Å²) >= 11 is 4.48. The predicted molar refractivity (Wildman–Crippen MR) is 101 cm³/mol. The molecule has 1 amide bonds. The number of rotatable bonds is 6. The normalized spacial score (nSPS) is 10.7. The van der Waals surface area contributed by atoms with Crippen molar-refractivity contribution in [1.29, 1.82) is 0 Å². The Labute approximate surface area is 158 Å². The second kappa shape index (κ2) is 8.77. The number of carbonyl (C=O) groups excluding carboxylic acids is 2. The van der Waals surface area contributed by atoms with Crippen LogP contribution in [-0.4, -0.2) is 30.6 Å². The van der Waals surface area contributed by atoms with Gasteiger partial charge in [0.2, 0.25) is 5.91 Å². The number of hydrogen-bond acceptors (Lipinski definition) is 6. The van der Waals surface area contributed by atoms with Crippen LogP contribution in [0.5, 0.6) is 5.75 Å². The smallest absolute Gasteiger partial charge is 0.350 e. The van der Waals surface area contributed by atoms with E-state index >= 15 is 0 Å². The van der Waals surface area contributed by atoms with Crippen LogP contribution in [0.3, 0.4) is 0 Å². The number of anilines is 1. The summed E-state index contributed by atoms with van der Waals surface area (Å²) in [6, 6.07) is 5.48. The number of aryl methyl sites for hydroxylation is 1. The maximum absolute atomic E-state index is 12.0. The molecule has 0 unspecified atom stereocenters. The van der Waals surface area contributed by atoms with Crippen molar-refractivity contribution in [3.63, 3.8) is 0 Å². The zero-order valence-corrected chi connectivity index (χ0v) is 16.4. The minimum absolute atomic E-state index is 0.290. The highest BCUT2D eigenvalue weighted by molar-refractivity contribution is 9.10. The van der Waals surface area contributed by atoms with E-state index in [9.17, 15) is 9.59 Å². The molecule has 6 nitrogen and oxygen atoms in total. The van der Waals surface area contributed by atoms with Crippen LogP contribution in [0.1, 0.15) is 27.9 Å². The molecular weight excluding hydrogens is 408 g/mol. The maximum Gasteiger partial charge on any atom is 0.350 e. The van der Waals surface area contributed by atoms with E-state index < -0.39 is 5.97 Å². The molecule has 2 rings (SSSR count). The van der Waals surface area contributed by atoms with Crippen molar-refractivity contribution < 1.29 is 19.1 Å². The van der Waals surface area contributed by atoms with E-state index in [1.54, 1.807) is 33.1 Å². The molecular formula is C17H17BrN2O4S. The molecule has 0 aliphatic carbocycles. The number of nitrogens with zero attached hydrogens (tertiary/aromatic N) is 1. The van der Waals surface area contributed by atoms with Gasteiger partial charge in [0.1, 0.15) is 10.6 Å². The van der Waals surface area contributed by atoms with E-state index in [0.29, 0.717) is 21.5 Å². The minimum Gasteiger partial charge on any atom is -0.496 e. The number of thiazole rings is 1. The number of hydrogen-bond donors (Lipinski definition) is 1. The predicted octanol–water partition coefficient (Wildman–Crippen LogP) is 4.05. The molecule has 0 bridgehead atoms. The van der Waals surface area contributed by atoms with Gasteiger partial charge in [-0.2, -0.15) is 0 Å². The van der Waals surface area contributed by atoms with E-state index in [-0.39, 0.29) is 12.5 Å². The zero-order valence-electron chi connectivity index (χ0n) is 14.0. The van der Waals surface area contributed by atoms with E-state index in [2.05, 4.69) is 26.2 Å². The number of methoxy groups -OCH3 is 1.